The zero-order valence-corrected chi connectivity index (χ0v) is 24.7. The number of carboxylic acids is 1. The van der Waals surface area contributed by atoms with Gasteiger partial charge in [0.05, 0.1) is 50.6 Å². The topological polar surface area (TPSA) is 246 Å². The Labute approximate surface area is 263 Å². The van der Waals surface area contributed by atoms with E-state index >= 15 is 0 Å². The van der Waals surface area contributed by atoms with Crippen LogP contribution in [-0.4, -0.2) is 119 Å². The van der Waals surface area contributed by atoms with Crippen molar-refractivity contribution in [3.8, 4) is 11.3 Å². The van der Waals surface area contributed by atoms with Crippen molar-refractivity contribution in [2.24, 2.45) is 0 Å². The van der Waals surface area contributed by atoms with E-state index in [-0.39, 0.29) is 19.6 Å². The molecule has 0 bridgehead atoms. The molecule has 0 unspecified atom stereocenters. The van der Waals surface area contributed by atoms with E-state index in [9.17, 15) is 39.9 Å². The largest absolute Gasteiger partial charge is 0.477 e. The minimum absolute atomic E-state index is 0.0780. The Bertz CT molecular complexity index is 1450. The molecule has 0 saturated carbocycles. The third kappa shape index (κ3) is 8.70. The van der Waals surface area contributed by atoms with Crippen molar-refractivity contribution in [1.29, 1.82) is 0 Å². The summed E-state index contributed by atoms with van der Waals surface area (Å²) in [6, 6.07) is 14.0. The summed E-state index contributed by atoms with van der Waals surface area (Å²) in [4.78, 5) is 37.0. The van der Waals surface area contributed by atoms with Crippen molar-refractivity contribution in [1.82, 2.24) is 25.6 Å². The molecule has 8 N–H and O–H groups in total. The summed E-state index contributed by atoms with van der Waals surface area (Å²) in [6.45, 7) is -1.47. The van der Waals surface area contributed by atoms with Crippen molar-refractivity contribution >= 4 is 17.8 Å². The Hall–Kier alpha value is -4.29. The van der Waals surface area contributed by atoms with Gasteiger partial charge in [0.15, 0.2) is 0 Å². The van der Waals surface area contributed by atoms with Crippen LogP contribution in [0.3, 0.4) is 0 Å². The van der Waals surface area contributed by atoms with Gasteiger partial charge in [0.1, 0.15) is 24.5 Å². The first-order valence-corrected chi connectivity index (χ1v) is 14.5. The predicted molar refractivity (Wildman–Crippen MR) is 157 cm³/mol. The second-order valence-corrected chi connectivity index (χ2v) is 10.8. The minimum atomic E-state index is -2.47. The van der Waals surface area contributed by atoms with E-state index in [1.165, 1.54) is 4.68 Å². The number of aromatic nitrogens is 3. The highest BCUT2D eigenvalue weighted by molar-refractivity contribution is 5.79. The Morgan fingerprint density at radius 3 is 2.41 bits per heavy atom. The van der Waals surface area contributed by atoms with E-state index in [0.29, 0.717) is 23.4 Å². The number of carbonyl (C=O) groups is 3. The number of benzene rings is 2. The number of carboxylic acid groups (broad SMARTS) is 1. The van der Waals surface area contributed by atoms with Crippen molar-refractivity contribution in [2.45, 2.75) is 62.2 Å². The second kappa shape index (κ2) is 15.8. The summed E-state index contributed by atoms with van der Waals surface area (Å²) in [5.74, 6) is -5.53. The molecule has 16 nitrogen and oxygen atoms in total. The molecule has 248 valence electrons. The number of hydrogen-bond acceptors (Lipinski definition) is 12. The SMILES string of the molecule is O=C(Cc1ccc(-c2cn(CCO)nn2)cc1)NC[C@@H](O)[C@@H](O)[C@@H]1O[C@@](OCc2ccccc2)(C(=O)O)C[C@H](O)[C@H]1NC(=O)CO. The van der Waals surface area contributed by atoms with E-state index in [1.807, 2.05) is 0 Å². The van der Waals surface area contributed by atoms with Crippen molar-refractivity contribution in [2.75, 3.05) is 19.8 Å². The molecule has 0 spiro atoms. The molecule has 3 aromatic rings. The molecule has 0 aliphatic carbocycles. The quantitative estimate of drug-likeness (QED) is 0.0889. The average molecular weight is 644 g/mol. The smallest absolute Gasteiger partial charge is 0.364 e. The fourth-order valence-corrected chi connectivity index (χ4v) is 4.96. The first-order chi connectivity index (χ1) is 22.0. The Balaban J connectivity index is 1.40. The lowest BCUT2D eigenvalue weighted by molar-refractivity contribution is -0.314. The van der Waals surface area contributed by atoms with Gasteiger partial charge in [-0.3, -0.25) is 9.59 Å². The summed E-state index contributed by atoms with van der Waals surface area (Å²) in [5, 5.41) is 73.8. The summed E-state index contributed by atoms with van der Waals surface area (Å²) in [7, 11) is 0. The molecule has 1 aliphatic heterocycles. The van der Waals surface area contributed by atoms with Gasteiger partial charge in [-0.2, -0.15) is 0 Å². The summed E-state index contributed by atoms with van der Waals surface area (Å²) in [6.07, 6.45) is -6.10. The monoisotopic (exact) mass is 643 g/mol. The van der Waals surface area contributed by atoms with Gasteiger partial charge in [-0.25, -0.2) is 9.48 Å². The number of nitrogens with one attached hydrogen (secondary N) is 2. The molecule has 6 atom stereocenters. The third-order valence-electron chi connectivity index (χ3n) is 7.41. The highest BCUT2D eigenvalue weighted by Gasteiger charge is 2.55. The molecule has 1 aromatic heterocycles. The normalized spacial score (nSPS) is 22.5. The van der Waals surface area contributed by atoms with Gasteiger partial charge < -0.3 is 50.7 Å². The van der Waals surface area contributed by atoms with E-state index < -0.39 is 73.6 Å². The standard InChI is InChI=1S/C30H37N5O11/c36-11-10-35-15-21(33-34-35)20-8-6-18(7-9-20)12-24(40)31-14-23(39)27(42)28-26(32-25(41)16-37)22(38)13-30(46-28,29(43)44)45-17-19-4-2-1-3-5-19/h1-9,15,22-23,26-28,36-39,42H,10-14,16-17H2,(H,31,40)(H,32,41)(H,43,44)/t22-,23+,26+,27+,28+,30+/m0/s1. The first kappa shape index (κ1) is 34.6. The number of ether oxygens (including phenoxy) is 2. The maximum atomic E-state index is 12.7. The van der Waals surface area contributed by atoms with Crippen molar-refractivity contribution < 1.29 is 54.5 Å². The van der Waals surface area contributed by atoms with Crippen LogP contribution in [0.1, 0.15) is 17.5 Å². The number of hydrogen-bond donors (Lipinski definition) is 8. The molecule has 46 heavy (non-hydrogen) atoms. The van der Waals surface area contributed by atoms with Gasteiger partial charge in [0.25, 0.3) is 5.79 Å². The molecule has 4 rings (SSSR count). The molecule has 1 saturated heterocycles. The van der Waals surface area contributed by atoms with Crippen LogP contribution in [0.25, 0.3) is 11.3 Å². The van der Waals surface area contributed by atoms with Gasteiger partial charge >= 0.3 is 5.97 Å². The molecular weight excluding hydrogens is 606 g/mol. The van der Waals surface area contributed by atoms with Crippen LogP contribution in [0, 0.1) is 0 Å². The summed E-state index contributed by atoms with van der Waals surface area (Å²) in [5.41, 5.74) is 2.56. The van der Waals surface area contributed by atoms with Crippen LogP contribution in [-0.2, 0) is 43.4 Å². The molecule has 16 heteroatoms. The third-order valence-corrected chi connectivity index (χ3v) is 7.41. The maximum Gasteiger partial charge on any atom is 0.364 e. The van der Waals surface area contributed by atoms with Crippen LogP contribution < -0.4 is 10.6 Å². The predicted octanol–water partition coefficient (Wildman–Crippen LogP) is -2.06. The van der Waals surface area contributed by atoms with Crippen molar-refractivity contribution in [3.63, 3.8) is 0 Å². The molecule has 2 aromatic carbocycles. The molecular formula is C30H37N5O11. The van der Waals surface area contributed by atoms with E-state index in [1.54, 1.807) is 60.8 Å². The number of aliphatic hydroxyl groups excluding tert-OH is 5. The number of rotatable bonds is 15. The Morgan fingerprint density at radius 2 is 1.76 bits per heavy atom. The van der Waals surface area contributed by atoms with Crippen LogP contribution in [0.5, 0.6) is 0 Å². The fourth-order valence-electron chi connectivity index (χ4n) is 4.96. The van der Waals surface area contributed by atoms with Crippen LogP contribution >= 0.6 is 0 Å². The summed E-state index contributed by atoms with van der Waals surface area (Å²) < 4.78 is 12.8. The lowest BCUT2D eigenvalue weighted by Crippen LogP contribution is -2.68. The van der Waals surface area contributed by atoms with Gasteiger partial charge in [0.2, 0.25) is 11.8 Å². The fraction of sp³-hybridized carbons (Fsp3) is 0.433. The zero-order valence-electron chi connectivity index (χ0n) is 24.7. The van der Waals surface area contributed by atoms with Gasteiger partial charge in [-0.05, 0) is 11.1 Å². The number of carbonyl (C=O) groups excluding carboxylic acids is 2. The Morgan fingerprint density at radius 1 is 1.04 bits per heavy atom. The maximum absolute atomic E-state index is 12.7. The minimum Gasteiger partial charge on any atom is -0.477 e. The van der Waals surface area contributed by atoms with Crippen molar-refractivity contribution in [3.05, 3.63) is 71.9 Å². The lowest BCUT2D eigenvalue weighted by Gasteiger charge is -2.46. The van der Waals surface area contributed by atoms with Crippen LogP contribution in [0.2, 0.25) is 0 Å². The number of amides is 2. The van der Waals surface area contributed by atoms with Gasteiger partial charge in [0, 0.05) is 18.5 Å². The average Bonchev–Trinajstić information content (AvgIpc) is 3.52. The van der Waals surface area contributed by atoms with Gasteiger partial charge in [-0.1, -0.05) is 59.8 Å². The summed E-state index contributed by atoms with van der Waals surface area (Å²) >= 11 is 0. The van der Waals surface area contributed by atoms with E-state index in [2.05, 4.69) is 20.9 Å². The zero-order chi connectivity index (χ0) is 33.3. The number of aliphatic carboxylic acids is 1. The van der Waals surface area contributed by atoms with Gasteiger partial charge in [-0.15, -0.1) is 5.10 Å². The number of aliphatic hydroxyl groups is 5. The highest BCUT2D eigenvalue weighted by Crippen LogP contribution is 2.34. The molecule has 2 amide bonds. The molecule has 1 fully saturated rings. The molecule has 2 heterocycles. The highest BCUT2D eigenvalue weighted by atomic mass is 16.7. The molecule has 1 aliphatic rings. The van der Waals surface area contributed by atoms with E-state index in [0.717, 1.165) is 5.56 Å². The first-order valence-electron chi connectivity index (χ1n) is 14.5. The lowest BCUT2D eigenvalue weighted by atomic mass is 9.88. The Kier molecular flexibility index (Phi) is 11.9. The molecule has 0 radical (unpaired) electrons. The van der Waals surface area contributed by atoms with Crippen LogP contribution in [0.4, 0.5) is 0 Å². The second-order valence-electron chi connectivity index (χ2n) is 10.8. The van der Waals surface area contributed by atoms with E-state index in [4.69, 9.17) is 14.6 Å². The van der Waals surface area contributed by atoms with Crippen LogP contribution in [0.15, 0.2) is 60.8 Å². The number of nitrogens with zero attached hydrogens (tertiary/aromatic N) is 3.